The molecule has 0 aromatic carbocycles. The summed E-state index contributed by atoms with van der Waals surface area (Å²) in [6, 6.07) is 0. The summed E-state index contributed by atoms with van der Waals surface area (Å²) in [5.41, 5.74) is 8.28. The number of nitrogens with zero attached hydrogens (tertiary/aromatic N) is 1. The van der Waals surface area contributed by atoms with Crippen LogP contribution < -0.4 is 5.73 Å². The van der Waals surface area contributed by atoms with E-state index in [9.17, 15) is 0 Å². The van der Waals surface area contributed by atoms with Crippen molar-refractivity contribution in [3.63, 3.8) is 0 Å². The second kappa shape index (κ2) is 4.69. The van der Waals surface area contributed by atoms with Gasteiger partial charge in [0.05, 0.1) is 0 Å². The highest BCUT2D eigenvalue weighted by Crippen LogP contribution is 2.34. The minimum Gasteiger partial charge on any atom is -0.382 e. The Bertz CT molecular complexity index is 305. The summed E-state index contributed by atoms with van der Waals surface area (Å²) in [7, 11) is 0. The van der Waals surface area contributed by atoms with Crippen molar-refractivity contribution >= 4 is 5.82 Å². The monoisotopic (exact) mass is 209 g/mol. The number of rotatable bonds is 4. The smallest absolute Gasteiger partial charge is 0.148 e. The Kier molecular flexibility index (Phi) is 3.77. The van der Waals surface area contributed by atoms with Crippen LogP contribution in [0.5, 0.6) is 0 Å². The molecular formula is C12H23N3. The quantitative estimate of drug-likeness (QED) is 0.801. The van der Waals surface area contributed by atoms with Crippen molar-refractivity contribution in [2.24, 2.45) is 11.8 Å². The average Bonchev–Trinajstić information content (AvgIpc) is 2.46. The number of nitrogens with one attached hydrogen (secondary N) is 1. The molecule has 1 rings (SSSR count). The van der Waals surface area contributed by atoms with Gasteiger partial charge in [0.2, 0.25) is 0 Å². The molecular weight excluding hydrogens is 186 g/mol. The van der Waals surface area contributed by atoms with Crippen molar-refractivity contribution in [2.75, 3.05) is 5.73 Å². The summed E-state index contributed by atoms with van der Waals surface area (Å²) in [6.45, 7) is 11.1. The van der Waals surface area contributed by atoms with E-state index in [0.717, 1.165) is 6.42 Å². The zero-order valence-electron chi connectivity index (χ0n) is 10.5. The topological polar surface area (TPSA) is 54.7 Å². The maximum atomic E-state index is 5.85. The van der Waals surface area contributed by atoms with E-state index in [4.69, 9.17) is 5.73 Å². The van der Waals surface area contributed by atoms with E-state index in [-0.39, 0.29) is 0 Å². The second-order valence-electron chi connectivity index (χ2n) is 4.87. The fourth-order valence-electron chi connectivity index (χ4n) is 2.48. The highest BCUT2D eigenvalue weighted by atomic mass is 15.2. The molecule has 0 aliphatic heterocycles. The number of hydrogen-bond donors (Lipinski definition) is 2. The minimum absolute atomic E-state index is 0.518. The van der Waals surface area contributed by atoms with E-state index < -0.39 is 0 Å². The van der Waals surface area contributed by atoms with Gasteiger partial charge in [-0.2, -0.15) is 5.10 Å². The number of aromatic amines is 1. The van der Waals surface area contributed by atoms with E-state index in [1.807, 2.05) is 0 Å². The average molecular weight is 209 g/mol. The molecule has 1 aromatic rings. The van der Waals surface area contributed by atoms with Gasteiger partial charge >= 0.3 is 0 Å². The predicted molar refractivity (Wildman–Crippen MR) is 64.8 cm³/mol. The van der Waals surface area contributed by atoms with Gasteiger partial charge in [-0.1, -0.05) is 34.6 Å². The van der Waals surface area contributed by atoms with E-state index in [2.05, 4.69) is 44.8 Å². The molecule has 3 N–H and O–H groups in total. The molecule has 1 heterocycles. The van der Waals surface area contributed by atoms with Crippen LogP contribution in [0.2, 0.25) is 0 Å². The molecule has 0 aliphatic rings. The Morgan fingerprint density at radius 3 is 2.13 bits per heavy atom. The summed E-state index contributed by atoms with van der Waals surface area (Å²) in [5, 5.41) is 7.24. The normalized spacial score (nSPS) is 12.0. The third-order valence-electron chi connectivity index (χ3n) is 3.05. The van der Waals surface area contributed by atoms with Gasteiger partial charge in [-0.25, -0.2) is 0 Å². The molecule has 0 fully saturated rings. The molecule has 0 radical (unpaired) electrons. The number of nitrogen functional groups attached to an aromatic ring is 1. The summed E-state index contributed by atoms with van der Waals surface area (Å²) < 4.78 is 0. The summed E-state index contributed by atoms with van der Waals surface area (Å²) in [5.74, 6) is 2.40. The predicted octanol–water partition coefficient (Wildman–Crippen LogP) is 2.95. The molecule has 0 saturated heterocycles. The van der Waals surface area contributed by atoms with Crippen molar-refractivity contribution in [2.45, 2.75) is 47.0 Å². The number of hydrogen-bond acceptors (Lipinski definition) is 2. The van der Waals surface area contributed by atoms with Gasteiger partial charge < -0.3 is 5.73 Å². The molecule has 86 valence electrons. The fraction of sp³-hybridized carbons (Fsp3) is 0.750. The van der Waals surface area contributed by atoms with Gasteiger partial charge in [0.25, 0.3) is 0 Å². The number of nitrogens with two attached hydrogens (primary N) is 1. The van der Waals surface area contributed by atoms with Crippen molar-refractivity contribution in [3.05, 3.63) is 11.3 Å². The molecule has 1 aromatic heterocycles. The number of anilines is 1. The summed E-state index contributed by atoms with van der Waals surface area (Å²) in [4.78, 5) is 0. The van der Waals surface area contributed by atoms with Crippen LogP contribution in [-0.4, -0.2) is 10.2 Å². The van der Waals surface area contributed by atoms with Gasteiger partial charge in [0.15, 0.2) is 0 Å². The van der Waals surface area contributed by atoms with Crippen molar-refractivity contribution in [3.8, 4) is 0 Å². The van der Waals surface area contributed by atoms with Crippen molar-refractivity contribution in [1.82, 2.24) is 10.2 Å². The van der Waals surface area contributed by atoms with Crippen LogP contribution in [0.4, 0.5) is 5.82 Å². The van der Waals surface area contributed by atoms with E-state index in [1.165, 1.54) is 11.3 Å². The van der Waals surface area contributed by atoms with Crippen molar-refractivity contribution < 1.29 is 0 Å². The van der Waals surface area contributed by atoms with E-state index in [0.29, 0.717) is 23.6 Å². The van der Waals surface area contributed by atoms with Gasteiger partial charge in [0, 0.05) is 17.2 Å². The van der Waals surface area contributed by atoms with Crippen molar-refractivity contribution in [1.29, 1.82) is 0 Å². The fourth-order valence-corrected chi connectivity index (χ4v) is 2.48. The van der Waals surface area contributed by atoms with Crippen LogP contribution in [-0.2, 0) is 6.42 Å². The highest BCUT2D eigenvalue weighted by Gasteiger charge is 2.24. The molecule has 0 amide bonds. The third kappa shape index (κ3) is 2.33. The van der Waals surface area contributed by atoms with Gasteiger partial charge in [-0.3, -0.25) is 5.10 Å². The third-order valence-corrected chi connectivity index (χ3v) is 3.05. The van der Waals surface area contributed by atoms with Crippen LogP contribution in [0, 0.1) is 11.8 Å². The SMILES string of the molecule is CCc1c(N)n[nH]c1C(C(C)C)C(C)C. The van der Waals surface area contributed by atoms with Crippen LogP contribution in [0.25, 0.3) is 0 Å². The van der Waals surface area contributed by atoms with Gasteiger partial charge in [0.1, 0.15) is 5.82 Å². The standard InChI is InChI=1S/C12H23N3/c1-6-9-11(14-15-12(9)13)10(7(2)3)8(4)5/h7-8,10H,6H2,1-5H3,(H3,13,14,15). The molecule has 3 heteroatoms. The molecule has 0 unspecified atom stereocenters. The van der Waals surface area contributed by atoms with Crippen LogP contribution in [0.3, 0.4) is 0 Å². The first-order chi connectivity index (χ1) is 6.99. The lowest BCUT2D eigenvalue weighted by Gasteiger charge is -2.24. The van der Waals surface area contributed by atoms with Crippen LogP contribution >= 0.6 is 0 Å². The van der Waals surface area contributed by atoms with Gasteiger partial charge in [-0.05, 0) is 18.3 Å². The molecule has 0 bridgehead atoms. The highest BCUT2D eigenvalue weighted by molar-refractivity contribution is 5.43. The van der Waals surface area contributed by atoms with E-state index >= 15 is 0 Å². The first-order valence-corrected chi connectivity index (χ1v) is 5.81. The minimum atomic E-state index is 0.518. The Labute approximate surface area is 92.5 Å². The van der Waals surface area contributed by atoms with E-state index in [1.54, 1.807) is 0 Å². The Morgan fingerprint density at radius 1 is 1.20 bits per heavy atom. The summed E-state index contributed by atoms with van der Waals surface area (Å²) >= 11 is 0. The zero-order valence-corrected chi connectivity index (χ0v) is 10.5. The Morgan fingerprint density at radius 2 is 1.73 bits per heavy atom. The Balaban J connectivity index is 3.11. The molecule has 0 saturated carbocycles. The van der Waals surface area contributed by atoms with Crippen LogP contribution in [0.15, 0.2) is 0 Å². The molecule has 0 spiro atoms. The van der Waals surface area contributed by atoms with Crippen LogP contribution in [0.1, 0.15) is 51.8 Å². The molecule has 0 atom stereocenters. The lowest BCUT2D eigenvalue weighted by atomic mass is 9.81. The molecule has 0 aliphatic carbocycles. The zero-order chi connectivity index (χ0) is 11.6. The number of H-pyrrole nitrogens is 1. The first-order valence-electron chi connectivity index (χ1n) is 5.81. The maximum absolute atomic E-state index is 5.85. The first kappa shape index (κ1) is 12.1. The molecule has 15 heavy (non-hydrogen) atoms. The second-order valence-corrected chi connectivity index (χ2v) is 4.87. The maximum Gasteiger partial charge on any atom is 0.148 e. The lowest BCUT2D eigenvalue weighted by Crippen LogP contribution is -2.15. The summed E-state index contributed by atoms with van der Waals surface area (Å²) in [6.07, 6.45) is 0.952. The lowest BCUT2D eigenvalue weighted by molar-refractivity contribution is 0.377. The van der Waals surface area contributed by atoms with Gasteiger partial charge in [-0.15, -0.1) is 0 Å². The molecule has 3 nitrogen and oxygen atoms in total. The largest absolute Gasteiger partial charge is 0.382 e. The number of aromatic nitrogens is 2. The Hall–Kier alpha value is -0.990.